The number of nitrogens with one attached hydrogen (secondary N) is 1. The van der Waals surface area contributed by atoms with E-state index in [2.05, 4.69) is 59.9 Å². The molecule has 176 valence electrons. The molecule has 3 atom stereocenters. The minimum atomic E-state index is -3.51. The molecule has 1 saturated carbocycles. The SMILES string of the molecule is CN(C1CCCCC1)S(=O)(=O)c1ccc2c(c1)C1C=CCC1C(c1ccc3ccccc3c1)N2. The Balaban J connectivity index is 1.34. The van der Waals surface area contributed by atoms with Gasteiger partial charge in [0.25, 0.3) is 0 Å². The Morgan fingerprint density at radius 3 is 2.53 bits per heavy atom. The lowest BCUT2D eigenvalue weighted by molar-refractivity contribution is 0.286. The van der Waals surface area contributed by atoms with E-state index in [0.717, 1.165) is 43.4 Å². The highest BCUT2D eigenvalue weighted by Crippen LogP contribution is 2.50. The molecular weight excluding hydrogens is 440 g/mol. The number of rotatable bonds is 4. The Labute approximate surface area is 202 Å². The molecule has 3 aromatic carbocycles. The third-order valence-electron chi connectivity index (χ3n) is 8.23. The molecule has 6 rings (SSSR count). The lowest BCUT2D eigenvalue weighted by Gasteiger charge is -2.38. The van der Waals surface area contributed by atoms with Crippen molar-refractivity contribution in [1.82, 2.24) is 4.31 Å². The van der Waals surface area contributed by atoms with E-state index in [-0.39, 0.29) is 18.0 Å². The summed E-state index contributed by atoms with van der Waals surface area (Å²) in [5.74, 6) is 0.602. The molecule has 3 unspecified atom stereocenters. The maximum Gasteiger partial charge on any atom is 0.243 e. The molecule has 2 aliphatic carbocycles. The van der Waals surface area contributed by atoms with Crippen molar-refractivity contribution in [2.75, 3.05) is 12.4 Å². The van der Waals surface area contributed by atoms with Crippen LogP contribution in [0.3, 0.4) is 0 Å². The molecule has 5 heteroatoms. The number of hydrogen-bond acceptors (Lipinski definition) is 3. The molecule has 4 nitrogen and oxygen atoms in total. The fraction of sp³-hybridized carbons (Fsp3) is 0.379. The van der Waals surface area contributed by atoms with Crippen molar-refractivity contribution >= 4 is 26.5 Å². The summed E-state index contributed by atoms with van der Waals surface area (Å²) >= 11 is 0. The Kier molecular flexibility index (Phi) is 5.50. The van der Waals surface area contributed by atoms with Gasteiger partial charge in [0.2, 0.25) is 10.0 Å². The van der Waals surface area contributed by atoms with Gasteiger partial charge in [-0.25, -0.2) is 8.42 Å². The standard InChI is InChI=1S/C29H32N2O2S/c1-31(23-10-3-2-4-11-23)34(32,33)24-16-17-28-27(19-24)25-12-7-13-26(25)29(30-28)22-15-14-20-8-5-6-9-21(20)18-22/h5-9,12,14-19,23,25-26,29-30H,2-4,10-11,13H2,1H3. The lowest BCUT2D eigenvalue weighted by Crippen LogP contribution is -2.38. The monoisotopic (exact) mass is 472 g/mol. The Morgan fingerprint density at radius 1 is 0.912 bits per heavy atom. The van der Waals surface area contributed by atoms with E-state index in [4.69, 9.17) is 0 Å². The smallest absolute Gasteiger partial charge is 0.243 e. The summed E-state index contributed by atoms with van der Waals surface area (Å²) in [7, 11) is -1.75. The van der Waals surface area contributed by atoms with Crippen LogP contribution in [0.4, 0.5) is 5.69 Å². The minimum absolute atomic E-state index is 0.115. The predicted octanol–water partition coefficient (Wildman–Crippen LogP) is 6.62. The van der Waals surface area contributed by atoms with Crippen molar-refractivity contribution in [3.05, 3.63) is 83.9 Å². The van der Waals surface area contributed by atoms with Gasteiger partial charge in [-0.2, -0.15) is 4.31 Å². The molecule has 1 heterocycles. The zero-order valence-electron chi connectivity index (χ0n) is 19.7. The van der Waals surface area contributed by atoms with Crippen LogP contribution in [0, 0.1) is 5.92 Å². The van der Waals surface area contributed by atoms with E-state index < -0.39 is 10.0 Å². The van der Waals surface area contributed by atoms with Crippen LogP contribution in [0.1, 0.15) is 61.6 Å². The molecule has 0 aromatic heterocycles. The van der Waals surface area contributed by atoms with Crippen LogP contribution in [-0.4, -0.2) is 25.8 Å². The van der Waals surface area contributed by atoms with Gasteiger partial charge in [0.05, 0.1) is 10.9 Å². The van der Waals surface area contributed by atoms with Gasteiger partial charge in [0.1, 0.15) is 0 Å². The summed E-state index contributed by atoms with van der Waals surface area (Å²) in [6, 6.07) is 21.2. The first-order chi connectivity index (χ1) is 16.5. The topological polar surface area (TPSA) is 49.4 Å². The van der Waals surface area contributed by atoms with Gasteiger partial charge in [0, 0.05) is 24.7 Å². The Hall–Kier alpha value is -2.63. The second kappa shape index (κ2) is 8.54. The number of nitrogens with zero attached hydrogens (tertiary/aromatic N) is 1. The Morgan fingerprint density at radius 2 is 1.71 bits per heavy atom. The van der Waals surface area contributed by atoms with Gasteiger partial charge < -0.3 is 5.32 Å². The van der Waals surface area contributed by atoms with Crippen LogP contribution in [0.15, 0.2) is 77.7 Å². The first-order valence-electron chi connectivity index (χ1n) is 12.6. The van der Waals surface area contributed by atoms with Gasteiger partial charge in [-0.15, -0.1) is 0 Å². The number of anilines is 1. The first kappa shape index (κ1) is 21.9. The van der Waals surface area contributed by atoms with E-state index in [0.29, 0.717) is 10.8 Å². The molecule has 1 aliphatic heterocycles. The third-order valence-corrected chi connectivity index (χ3v) is 10.1. The third kappa shape index (κ3) is 3.66. The van der Waals surface area contributed by atoms with E-state index >= 15 is 0 Å². The minimum Gasteiger partial charge on any atom is -0.378 e. The lowest BCUT2D eigenvalue weighted by atomic mass is 9.77. The van der Waals surface area contributed by atoms with Crippen molar-refractivity contribution in [3.63, 3.8) is 0 Å². The molecule has 3 aromatic rings. The second-order valence-electron chi connectivity index (χ2n) is 10.1. The molecule has 3 aliphatic rings. The quantitative estimate of drug-likeness (QED) is 0.434. The number of benzene rings is 3. The Bertz CT molecular complexity index is 1360. The van der Waals surface area contributed by atoms with Gasteiger partial charge >= 0.3 is 0 Å². The summed E-state index contributed by atoms with van der Waals surface area (Å²) in [5.41, 5.74) is 3.44. The predicted molar refractivity (Wildman–Crippen MR) is 139 cm³/mol. The van der Waals surface area contributed by atoms with Crippen LogP contribution in [0.25, 0.3) is 10.8 Å². The zero-order valence-corrected chi connectivity index (χ0v) is 20.5. The molecule has 1 fully saturated rings. The normalized spacial score (nSPS) is 24.7. The summed E-state index contributed by atoms with van der Waals surface area (Å²) in [4.78, 5) is 0.421. The summed E-state index contributed by atoms with van der Waals surface area (Å²) in [5, 5.41) is 6.27. The molecule has 0 bridgehead atoms. The average Bonchev–Trinajstić information content (AvgIpc) is 3.38. The number of sulfonamides is 1. The largest absolute Gasteiger partial charge is 0.378 e. The van der Waals surface area contributed by atoms with Crippen LogP contribution in [0.2, 0.25) is 0 Å². The molecular formula is C29H32N2O2S. The highest BCUT2D eigenvalue weighted by Gasteiger charge is 2.39. The molecule has 34 heavy (non-hydrogen) atoms. The molecule has 0 amide bonds. The summed E-state index contributed by atoms with van der Waals surface area (Å²) < 4.78 is 28.6. The van der Waals surface area contributed by atoms with Crippen LogP contribution >= 0.6 is 0 Å². The maximum absolute atomic E-state index is 13.5. The summed E-state index contributed by atoms with van der Waals surface area (Å²) in [6.45, 7) is 0. The van der Waals surface area contributed by atoms with Crippen molar-refractivity contribution in [1.29, 1.82) is 0 Å². The van der Waals surface area contributed by atoms with Gasteiger partial charge in [-0.05, 0) is 71.3 Å². The van der Waals surface area contributed by atoms with Crippen LogP contribution in [0.5, 0.6) is 0 Å². The highest BCUT2D eigenvalue weighted by molar-refractivity contribution is 7.89. The summed E-state index contributed by atoms with van der Waals surface area (Å²) in [6.07, 6.45) is 10.9. The number of fused-ring (bicyclic) bond motifs is 4. The number of allylic oxidation sites excluding steroid dienone is 2. The van der Waals surface area contributed by atoms with Gasteiger partial charge in [0.15, 0.2) is 0 Å². The van der Waals surface area contributed by atoms with Crippen molar-refractivity contribution in [3.8, 4) is 0 Å². The fourth-order valence-corrected chi connectivity index (χ4v) is 7.72. The zero-order chi connectivity index (χ0) is 23.3. The van der Waals surface area contributed by atoms with Crippen LogP contribution in [-0.2, 0) is 10.0 Å². The van der Waals surface area contributed by atoms with Crippen molar-refractivity contribution in [2.45, 2.75) is 61.4 Å². The van der Waals surface area contributed by atoms with Crippen molar-refractivity contribution in [2.24, 2.45) is 5.92 Å². The molecule has 0 saturated heterocycles. The molecule has 1 N–H and O–H groups in total. The van der Waals surface area contributed by atoms with Gasteiger partial charge in [-0.1, -0.05) is 67.8 Å². The first-order valence-corrected chi connectivity index (χ1v) is 14.0. The fourth-order valence-electron chi connectivity index (χ4n) is 6.27. The van der Waals surface area contributed by atoms with E-state index in [1.807, 2.05) is 12.1 Å². The second-order valence-corrected chi connectivity index (χ2v) is 12.1. The highest BCUT2D eigenvalue weighted by atomic mass is 32.2. The molecule has 0 radical (unpaired) electrons. The van der Waals surface area contributed by atoms with E-state index in [1.54, 1.807) is 17.4 Å². The number of hydrogen-bond donors (Lipinski definition) is 1. The van der Waals surface area contributed by atoms with E-state index in [1.165, 1.54) is 22.8 Å². The average molecular weight is 473 g/mol. The maximum atomic E-state index is 13.5. The van der Waals surface area contributed by atoms with Crippen LogP contribution < -0.4 is 5.32 Å². The van der Waals surface area contributed by atoms with E-state index in [9.17, 15) is 8.42 Å². The van der Waals surface area contributed by atoms with Gasteiger partial charge in [-0.3, -0.25) is 0 Å². The van der Waals surface area contributed by atoms with Crippen molar-refractivity contribution < 1.29 is 8.42 Å². The molecule has 0 spiro atoms.